The average Bonchev–Trinajstić information content (AvgIpc) is 2.33. The summed E-state index contributed by atoms with van der Waals surface area (Å²) in [5.74, 6) is 0.505. The number of hydrogen-bond donors (Lipinski definition) is 1. The van der Waals surface area contributed by atoms with E-state index in [0.717, 1.165) is 0 Å². The Kier molecular flexibility index (Phi) is 4.09. The molecule has 1 aromatic carbocycles. The third kappa shape index (κ3) is 3.62. The van der Waals surface area contributed by atoms with Crippen molar-refractivity contribution in [2.45, 2.75) is 6.92 Å². The van der Waals surface area contributed by atoms with Crippen LogP contribution in [0.4, 0.5) is 0 Å². The highest BCUT2D eigenvalue weighted by atomic mass is 35.5. The molecular weight excluding hydrogens is 254 g/mol. The fourth-order valence-corrected chi connectivity index (χ4v) is 1.72. The molecule has 1 saturated heterocycles. The maximum Gasteiger partial charge on any atom is 0.257 e. The largest absolute Gasteiger partial charge is 0.484 e. The van der Waals surface area contributed by atoms with Crippen LogP contribution in [-0.4, -0.2) is 32.3 Å². The summed E-state index contributed by atoms with van der Waals surface area (Å²) in [5, 5.41) is 3.48. The second-order valence-electron chi connectivity index (χ2n) is 4.82. The van der Waals surface area contributed by atoms with E-state index in [1.54, 1.807) is 24.3 Å². The molecule has 1 aliphatic rings. The molecule has 2 rings (SSSR count). The first-order chi connectivity index (χ1) is 8.57. The van der Waals surface area contributed by atoms with E-state index in [-0.39, 0.29) is 17.9 Å². The summed E-state index contributed by atoms with van der Waals surface area (Å²) in [7, 11) is 0. The molecule has 1 aliphatic heterocycles. The lowest BCUT2D eigenvalue weighted by atomic mass is 9.89. The van der Waals surface area contributed by atoms with Crippen molar-refractivity contribution in [2.24, 2.45) is 5.41 Å². The van der Waals surface area contributed by atoms with Gasteiger partial charge in [-0.2, -0.15) is 0 Å². The summed E-state index contributed by atoms with van der Waals surface area (Å²) in [6, 6.07) is 6.91. The number of nitrogens with one attached hydrogen (secondary N) is 1. The summed E-state index contributed by atoms with van der Waals surface area (Å²) in [4.78, 5) is 11.6. The number of amides is 1. The maximum absolute atomic E-state index is 11.6. The van der Waals surface area contributed by atoms with Crippen LogP contribution in [0.5, 0.6) is 5.75 Å². The summed E-state index contributed by atoms with van der Waals surface area (Å²) >= 11 is 5.75. The second kappa shape index (κ2) is 5.59. The topological polar surface area (TPSA) is 47.6 Å². The van der Waals surface area contributed by atoms with Crippen molar-refractivity contribution in [3.63, 3.8) is 0 Å². The lowest BCUT2D eigenvalue weighted by Gasteiger charge is -2.37. The molecule has 0 saturated carbocycles. The number of carbonyl (C=O) groups is 1. The van der Waals surface area contributed by atoms with Crippen LogP contribution in [-0.2, 0) is 9.53 Å². The van der Waals surface area contributed by atoms with Crippen molar-refractivity contribution < 1.29 is 14.3 Å². The molecule has 0 aromatic heterocycles. The Morgan fingerprint density at radius 2 is 2.11 bits per heavy atom. The summed E-state index contributed by atoms with van der Waals surface area (Å²) in [5.41, 5.74) is 0.0793. The molecule has 0 aliphatic carbocycles. The first-order valence-electron chi connectivity index (χ1n) is 5.80. The minimum absolute atomic E-state index is 0.0125. The minimum Gasteiger partial charge on any atom is -0.484 e. The van der Waals surface area contributed by atoms with E-state index in [9.17, 15) is 4.79 Å². The SMILES string of the molecule is CC1(CNC(=O)COc2ccc(Cl)cc2)COC1. The maximum atomic E-state index is 11.6. The summed E-state index contributed by atoms with van der Waals surface area (Å²) < 4.78 is 10.5. The van der Waals surface area contributed by atoms with Gasteiger partial charge >= 0.3 is 0 Å². The van der Waals surface area contributed by atoms with Crippen molar-refractivity contribution in [3.8, 4) is 5.75 Å². The van der Waals surface area contributed by atoms with Gasteiger partial charge in [0, 0.05) is 17.0 Å². The van der Waals surface area contributed by atoms with E-state index < -0.39 is 0 Å². The van der Waals surface area contributed by atoms with E-state index in [1.165, 1.54) is 0 Å². The van der Waals surface area contributed by atoms with Crippen LogP contribution in [0.25, 0.3) is 0 Å². The van der Waals surface area contributed by atoms with Crippen molar-refractivity contribution in [1.29, 1.82) is 0 Å². The van der Waals surface area contributed by atoms with Crippen LogP contribution in [0.2, 0.25) is 5.02 Å². The van der Waals surface area contributed by atoms with E-state index in [2.05, 4.69) is 12.2 Å². The zero-order valence-electron chi connectivity index (χ0n) is 10.2. The zero-order valence-corrected chi connectivity index (χ0v) is 11.0. The molecule has 0 bridgehead atoms. The van der Waals surface area contributed by atoms with Gasteiger partial charge < -0.3 is 14.8 Å². The van der Waals surface area contributed by atoms with Gasteiger partial charge in [0.1, 0.15) is 5.75 Å². The zero-order chi connectivity index (χ0) is 13.0. The molecule has 1 heterocycles. The van der Waals surface area contributed by atoms with Crippen molar-refractivity contribution in [1.82, 2.24) is 5.32 Å². The lowest BCUT2D eigenvalue weighted by molar-refractivity contribution is -0.128. The van der Waals surface area contributed by atoms with Crippen molar-refractivity contribution >= 4 is 17.5 Å². The van der Waals surface area contributed by atoms with Crippen molar-refractivity contribution in [2.75, 3.05) is 26.4 Å². The monoisotopic (exact) mass is 269 g/mol. The van der Waals surface area contributed by atoms with E-state index in [0.29, 0.717) is 30.5 Å². The number of ether oxygens (including phenoxy) is 2. The third-order valence-corrected chi connectivity index (χ3v) is 3.05. The smallest absolute Gasteiger partial charge is 0.257 e. The van der Waals surface area contributed by atoms with E-state index in [4.69, 9.17) is 21.1 Å². The molecule has 1 aromatic rings. The van der Waals surface area contributed by atoms with Crippen LogP contribution in [0.1, 0.15) is 6.92 Å². The Labute approximate surface area is 111 Å². The highest BCUT2D eigenvalue weighted by Crippen LogP contribution is 2.24. The molecule has 1 amide bonds. The quantitative estimate of drug-likeness (QED) is 0.888. The first-order valence-corrected chi connectivity index (χ1v) is 6.18. The second-order valence-corrected chi connectivity index (χ2v) is 5.26. The standard InChI is InChI=1S/C13H16ClNO3/c1-13(8-17-9-13)7-15-12(16)6-18-11-4-2-10(14)3-5-11/h2-5H,6-9H2,1H3,(H,15,16). The molecule has 5 heteroatoms. The number of rotatable bonds is 5. The van der Waals surface area contributed by atoms with Gasteiger partial charge in [0.05, 0.1) is 13.2 Å². The predicted molar refractivity (Wildman–Crippen MR) is 68.9 cm³/mol. The van der Waals surface area contributed by atoms with Crippen LogP contribution in [0.3, 0.4) is 0 Å². The molecule has 0 atom stereocenters. The first kappa shape index (κ1) is 13.2. The highest BCUT2D eigenvalue weighted by Gasteiger charge is 2.33. The fourth-order valence-electron chi connectivity index (χ4n) is 1.60. The Balaban J connectivity index is 1.69. The Bertz CT molecular complexity index is 415. The van der Waals surface area contributed by atoms with Gasteiger partial charge in [-0.05, 0) is 24.3 Å². The molecule has 1 fully saturated rings. The van der Waals surface area contributed by atoms with Gasteiger partial charge in [-0.15, -0.1) is 0 Å². The Morgan fingerprint density at radius 3 is 2.67 bits per heavy atom. The molecule has 1 N–H and O–H groups in total. The molecular formula is C13H16ClNO3. The normalized spacial score (nSPS) is 16.8. The summed E-state index contributed by atoms with van der Waals surface area (Å²) in [6.45, 7) is 4.11. The van der Waals surface area contributed by atoms with Gasteiger partial charge in [-0.1, -0.05) is 18.5 Å². The van der Waals surface area contributed by atoms with Gasteiger partial charge in [-0.3, -0.25) is 4.79 Å². The third-order valence-electron chi connectivity index (χ3n) is 2.80. The van der Waals surface area contributed by atoms with E-state index >= 15 is 0 Å². The minimum atomic E-state index is -0.127. The average molecular weight is 270 g/mol. The van der Waals surface area contributed by atoms with Crippen LogP contribution >= 0.6 is 11.6 Å². The predicted octanol–water partition coefficient (Wildman–Crippen LogP) is 1.87. The Hall–Kier alpha value is -1.26. The number of hydrogen-bond acceptors (Lipinski definition) is 3. The van der Waals surface area contributed by atoms with Crippen LogP contribution in [0, 0.1) is 5.41 Å². The number of benzene rings is 1. The lowest BCUT2D eigenvalue weighted by Crippen LogP contribution is -2.49. The van der Waals surface area contributed by atoms with Crippen molar-refractivity contribution in [3.05, 3.63) is 29.3 Å². The number of halogens is 1. The highest BCUT2D eigenvalue weighted by molar-refractivity contribution is 6.30. The molecule has 0 radical (unpaired) electrons. The summed E-state index contributed by atoms with van der Waals surface area (Å²) in [6.07, 6.45) is 0. The number of carbonyl (C=O) groups excluding carboxylic acids is 1. The fraction of sp³-hybridized carbons (Fsp3) is 0.462. The molecule has 98 valence electrons. The van der Waals surface area contributed by atoms with Gasteiger partial charge in [0.15, 0.2) is 6.61 Å². The van der Waals surface area contributed by atoms with Crippen LogP contribution < -0.4 is 10.1 Å². The van der Waals surface area contributed by atoms with E-state index in [1.807, 2.05) is 0 Å². The van der Waals surface area contributed by atoms with Gasteiger partial charge in [0.2, 0.25) is 0 Å². The molecule has 18 heavy (non-hydrogen) atoms. The van der Waals surface area contributed by atoms with Crippen LogP contribution in [0.15, 0.2) is 24.3 Å². The Morgan fingerprint density at radius 1 is 1.44 bits per heavy atom. The molecule has 0 spiro atoms. The van der Waals surface area contributed by atoms with Gasteiger partial charge in [-0.25, -0.2) is 0 Å². The molecule has 0 unspecified atom stereocenters. The molecule has 4 nitrogen and oxygen atoms in total. The van der Waals surface area contributed by atoms with Gasteiger partial charge in [0.25, 0.3) is 5.91 Å².